The molecule has 2 atom stereocenters. The zero-order chi connectivity index (χ0) is 23.8. The molecule has 0 aliphatic carbocycles. The Balaban J connectivity index is 1.12. The first-order chi connectivity index (χ1) is 16.6. The van der Waals surface area contributed by atoms with E-state index < -0.39 is 18.2 Å². The van der Waals surface area contributed by atoms with Crippen LogP contribution < -0.4 is 16.0 Å². The molecule has 8 nitrogen and oxygen atoms in total. The molecule has 0 bridgehead atoms. The lowest BCUT2D eigenvalue weighted by Crippen LogP contribution is -2.61. The van der Waals surface area contributed by atoms with Crippen LogP contribution in [-0.4, -0.2) is 41.5 Å². The molecule has 0 saturated carbocycles. The average molecular weight is 463 g/mol. The van der Waals surface area contributed by atoms with Gasteiger partial charge in [-0.05, 0) is 49.3 Å². The van der Waals surface area contributed by atoms with Crippen molar-refractivity contribution < 1.29 is 19.1 Å². The number of aromatic amines is 1. The number of carbonyl (C=O) groups excluding carboxylic acids is 3. The molecule has 8 heteroatoms. The molecule has 4 rings (SSSR count). The van der Waals surface area contributed by atoms with Crippen molar-refractivity contribution >= 4 is 28.8 Å². The van der Waals surface area contributed by atoms with Crippen LogP contribution in [0.15, 0.2) is 60.8 Å². The smallest absolute Gasteiger partial charge is 0.407 e. The SMILES string of the molecule is O=C(NCCCC[C@@H]1NC(=O)[C@H](CCc2c[nH]c3ccccc23)NC1=O)OCc1ccccc1. The van der Waals surface area contributed by atoms with Crippen molar-refractivity contribution in [1.29, 1.82) is 0 Å². The van der Waals surface area contributed by atoms with Gasteiger partial charge in [0.05, 0.1) is 0 Å². The van der Waals surface area contributed by atoms with Gasteiger partial charge >= 0.3 is 6.09 Å². The number of benzene rings is 2. The van der Waals surface area contributed by atoms with Crippen molar-refractivity contribution in [3.63, 3.8) is 0 Å². The highest BCUT2D eigenvalue weighted by Gasteiger charge is 2.32. The van der Waals surface area contributed by atoms with Crippen molar-refractivity contribution in [2.75, 3.05) is 6.54 Å². The van der Waals surface area contributed by atoms with E-state index in [-0.39, 0.29) is 18.4 Å². The lowest BCUT2D eigenvalue weighted by Gasteiger charge is -2.29. The Kier molecular flexibility index (Phi) is 7.80. The summed E-state index contributed by atoms with van der Waals surface area (Å²) in [6.07, 6.45) is 4.63. The average Bonchev–Trinajstić information content (AvgIpc) is 3.27. The number of hydrogen-bond acceptors (Lipinski definition) is 4. The normalized spacial score (nSPS) is 17.8. The molecule has 1 saturated heterocycles. The summed E-state index contributed by atoms with van der Waals surface area (Å²) in [5.41, 5.74) is 3.12. The van der Waals surface area contributed by atoms with Crippen molar-refractivity contribution in [2.24, 2.45) is 0 Å². The highest BCUT2D eigenvalue weighted by molar-refractivity contribution is 5.97. The van der Waals surface area contributed by atoms with Crippen molar-refractivity contribution in [2.45, 2.75) is 50.8 Å². The third-order valence-electron chi connectivity index (χ3n) is 6.04. The molecular formula is C26H30N4O4. The van der Waals surface area contributed by atoms with Crippen LogP contribution in [0.2, 0.25) is 0 Å². The second-order valence-electron chi connectivity index (χ2n) is 8.50. The number of alkyl carbamates (subject to hydrolysis) is 1. The fourth-order valence-corrected chi connectivity index (χ4v) is 4.16. The van der Waals surface area contributed by atoms with Crippen molar-refractivity contribution in [3.05, 3.63) is 71.9 Å². The number of rotatable bonds is 10. The first-order valence-electron chi connectivity index (χ1n) is 11.7. The first kappa shape index (κ1) is 23.4. The minimum absolute atomic E-state index is 0.146. The van der Waals surface area contributed by atoms with Gasteiger partial charge in [0.2, 0.25) is 11.8 Å². The number of aromatic nitrogens is 1. The van der Waals surface area contributed by atoms with Crippen LogP contribution in [0.25, 0.3) is 10.9 Å². The van der Waals surface area contributed by atoms with Crippen LogP contribution in [0, 0.1) is 0 Å². The van der Waals surface area contributed by atoms with E-state index in [4.69, 9.17) is 4.74 Å². The van der Waals surface area contributed by atoms with Gasteiger partial charge in [0.1, 0.15) is 18.7 Å². The van der Waals surface area contributed by atoms with E-state index in [1.165, 1.54) is 0 Å². The van der Waals surface area contributed by atoms with Crippen LogP contribution in [0.3, 0.4) is 0 Å². The monoisotopic (exact) mass is 462 g/mol. The number of fused-ring (bicyclic) bond motifs is 1. The minimum atomic E-state index is -0.540. The fourth-order valence-electron chi connectivity index (χ4n) is 4.16. The Bertz CT molecular complexity index is 1130. The summed E-state index contributed by atoms with van der Waals surface area (Å²) in [4.78, 5) is 40.0. The molecular weight excluding hydrogens is 432 g/mol. The maximum atomic E-state index is 12.5. The summed E-state index contributed by atoms with van der Waals surface area (Å²) in [5.74, 6) is -0.300. The number of H-pyrrole nitrogens is 1. The van der Waals surface area contributed by atoms with Crippen LogP contribution in [0.1, 0.15) is 36.8 Å². The lowest BCUT2D eigenvalue weighted by molar-refractivity contribution is -0.137. The molecule has 1 aliphatic heterocycles. The standard InChI is InChI=1S/C26H30N4O4/c31-24-22(12-6-7-15-27-26(33)34-17-18-8-2-1-3-9-18)29-25(32)23(30-24)14-13-19-16-28-21-11-5-4-10-20(19)21/h1-5,8-11,16,22-23,28H,6-7,12-15,17H2,(H,27,33)(H,29,32)(H,30,31)/t22-,23-/m0/s1. The van der Waals surface area contributed by atoms with Gasteiger partial charge in [0.25, 0.3) is 0 Å². The number of unbranched alkanes of at least 4 members (excludes halogenated alkanes) is 1. The van der Waals surface area contributed by atoms with Crippen molar-refractivity contribution in [1.82, 2.24) is 20.9 Å². The molecule has 1 aromatic heterocycles. The summed E-state index contributed by atoms with van der Waals surface area (Å²) in [7, 11) is 0. The van der Waals surface area contributed by atoms with Crippen LogP contribution in [0.5, 0.6) is 0 Å². The molecule has 4 N–H and O–H groups in total. The van der Waals surface area contributed by atoms with E-state index in [0.29, 0.717) is 38.6 Å². The molecule has 1 aliphatic rings. The van der Waals surface area contributed by atoms with Crippen molar-refractivity contribution in [3.8, 4) is 0 Å². The highest BCUT2D eigenvalue weighted by Crippen LogP contribution is 2.20. The van der Waals surface area contributed by atoms with Gasteiger partial charge in [-0.1, -0.05) is 48.5 Å². The van der Waals surface area contributed by atoms with Crippen LogP contribution >= 0.6 is 0 Å². The fraction of sp³-hybridized carbons (Fsp3) is 0.346. The zero-order valence-electron chi connectivity index (χ0n) is 19.0. The van der Waals surface area contributed by atoms with E-state index in [9.17, 15) is 14.4 Å². The number of aryl methyl sites for hydroxylation is 1. The number of para-hydroxylation sites is 1. The summed E-state index contributed by atoms with van der Waals surface area (Å²) in [6.45, 7) is 0.672. The molecule has 1 fully saturated rings. The largest absolute Gasteiger partial charge is 0.445 e. The molecule has 34 heavy (non-hydrogen) atoms. The van der Waals surface area contributed by atoms with Gasteiger partial charge in [-0.15, -0.1) is 0 Å². The predicted octanol–water partition coefficient (Wildman–Crippen LogP) is 3.18. The third kappa shape index (κ3) is 6.15. The molecule has 3 amide bonds. The second kappa shape index (κ2) is 11.4. The molecule has 0 spiro atoms. The Hall–Kier alpha value is -3.81. The maximum absolute atomic E-state index is 12.5. The summed E-state index contributed by atoms with van der Waals surface area (Å²) in [5, 5.41) is 9.57. The molecule has 2 aromatic carbocycles. The Labute approximate surface area is 198 Å². The van der Waals surface area contributed by atoms with Gasteiger partial charge < -0.3 is 25.7 Å². The first-order valence-corrected chi connectivity index (χ1v) is 11.7. The molecule has 178 valence electrons. The molecule has 2 heterocycles. The summed E-state index contributed by atoms with van der Waals surface area (Å²) >= 11 is 0. The van der Waals surface area contributed by atoms with E-state index in [1.807, 2.05) is 54.7 Å². The highest BCUT2D eigenvalue weighted by atomic mass is 16.5. The quantitative estimate of drug-likeness (QED) is 0.347. The van der Waals surface area contributed by atoms with E-state index in [2.05, 4.69) is 27.0 Å². The van der Waals surface area contributed by atoms with Gasteiger partial charge in [0, 0.05) is 23.6 Å². The topological polar surface area (TPSA) is 112 Å². The van der Waals surface area contributed by atoms with Gasteiger partial charge in [0.15, 0.2) is 0 Å². The van der Waals surface area contributed by atoms with E-state index in [1.54, 1.807) is 0 Å². The maximum Gasteiger partial charge on any atom is 0.407 e. The molecule has 0 radical (unpaired) electrons. The second-order valence-corrected chi connectivity index (χ2v) is 8.50. The number of carbonyl (C=O) groups is 3. The number of nitrogens with one attached hydrogen (secondary N) is 4. The minimum Gasteiger partial charge on any atom is -0.445 e. The van der Waals surface area contributed by atoms with E-state index in [0.717, 1.165) is 22.0 Å². The summed E-state index contributed by atoms with van der Waals surface area (Å²) in [6, 6.07) is 16.4. The third-order valence-corrected chi connectivity index (χ3v) is 6.04. The van der Waals surface area contributed by atoms with Gasteiger partial charge in [-0.25, -0.2) is 4.79 Å². The Morgan fingerprint density at radius 1 is 0.882 bits per heavy atom. The Morgan fingerprint density at radius 3 is 2.38 bits per heavy atom. The van der Waals surface area contributed by atoms with Gasteiger partial charge in [-0.3, -0.25) is 9.59 Å². The molecule has 0 unspecified atom stereocenters. The number of piperazine rings is 1. The lowest BCUT2D eigenvalue weighted by atomic mass is 9.99. The van der Waals surface area contributed by atoms with Gasteiger partial charge in [-0.2, -0.15) is 0 Å². The number of hydrogen-bond donors (Lipinski definition) is 4. The Morgan fingerprint density at radius 2 is 1.59 bits per heavy atom. The van der Waals surface area contributed by atoms with E-state index >= 15 is 0 Å². The number of ether oxygens (including phenoxy) is 1. The molecule has 3 aromatic rings. The van der Waals surface area contributed by atoms with Crippen LogP contribution in [0.4, 0.5) is 4.79 Å². The zero-order valence-corrected chi connectivity index (χ0v) is 19.0. The predicted molar refractivity (Wildman–Crippen MR) is 129 cm³/mol. The summed E-state index contributed by atoms with van der Waals surface area (Å²) < 4.78 is 5.17. The van der Waals surface area contributed by atoms with Crippen LogP contribution in [-0.2, 0) is 27.4 Å². The number of amides is 3.